The van der Waals surface area contributed by atoms with Crippen LogP contribution in [0.25, 0.3) is 22.0 Å². The molecule has 180 valence electrons. The summed E-state index contributed by atoms with van der Waals surface area (Å²) < 4.78 is 36.0. The highest BCUT2D eigenvalue weighted by Crippen LogP contribution is 2.44. The van der Waals surface area contributed by atoms with Crippen LogP contribution in [0, 0.1) is 30.4 Å². The van der Waals surface area contributed by atoms with Crippen LogP contribution < -0.4 is 10.6 Å². The van der Waals surface area contributed by atoms with Crippen LogP contribution in [0.5, 0.6) is 0 Å². The highest BCUT2D eigenvalue weighted by molar-refractivity contribution is 7.99. The molecule has 3 atom stereocenters. The molecule has 1 aromatic heterocycles. The van der Waals surface area contributed by atoms with Gasteiger partial charge in [0.25, 0.3) is 0 Å². The number of methoxy groups -OCH3 is 1. The van der Waals surface area contributed by atoms with E-state index in [4.69, 9.17) is 4.74 Å². The van der Waals surface area contributed by atoms with Gasteiger partial charge in [-0.15, -0.1) is 11.8 Å². The van der Waals surface area contributed by atoms with Gasteiger partial charge in [-0.05, 0) is 48.9 Å². The van der Waals surface area contributed by atoms with Crippen molar-refractivity contribution in [2.45, 2.75) is 44.7 Å². The van der Waals surface area contributed by atoms with Crippen molar-refractivity contribution in [1.82, 2.24) is 9.55 Å². The Hall–Kier alpha value is -2.45. The Kier molecular flexibility index (Phi) is 6.14. The van der Waals surface area contributed by atoms with E-state index in [1.165, 1.54) is 12.1 Å². The summed E-state index contributed by atoms with van der Waals surface area (Å²) >= 11 is 1.56. The third kappa shape index (κ3) is 4.01. The molecule has 5 nitrogen and oxygen atoms in total. The van der Waals surface area contributed by atoms with Crippen molar-refractivity contribution in [1.29, 1.82) is 0 Å². The van der Waals surface area contributed by atoms with E-state index in [-0.39, 0.29) is 11.8 Å². The summed E-state index contributed by atoms with van der Waals surface area (Å²) in [5.41, 5.74) is 2.32. The number of halogens is 2. The second-order valence-electron chi connectivity index (χ2n) is 9.77. The van der Waals surface area contributed by atoms with Crippen molar-refractivity contribution in [3.63, 3.8) is 0 Å². The molecular formula is C26H29F2N3O2S. The average molecular weight is 486 g/mol. The van der Waals surface area contributed by atoms with E-state index >= 15 is 0 Å². The first kappa shape index (κ1) is 23.3. The third-order valence-electron chi connectivity index (χ3n) is 6.90. The van der Waals surface area contributed by atoms with Gasteiger partial charge < -0.3 is 9.64 Å². The molecule has 3 aromatic rings. The smallest absolute Gasteiger partial charge is 0.350 e. The number of thioether (sulfide) groups is 1. The first-order valence-electron chi connectivity index (χ1n) is 11.7. The predicted octanol–water partition coefficient (Wildman–Crippen LogP) is 5.25. The molecule has 0 N–H and O–H groups in total. The molecule has 1 saturated heterocycles. The zero-order chi connectivity index (χ0) is 24.1. The number of piperidine rings is 1. The Morgan fingerprint density at radius 3 is 2.53 bits per heavy atom. The number of aromatic nitrogens is 2. The maximum atomic E-state index is 15.0. The molecule has 0 bridgehead atoms. The van der Waals surface area contributed by atoms with E-state index in [0.717, 1.165) is 46.9 Å². The number of hydrogen-bond donors (Lipinski definition) is 0. The summed E-state index contributed by atoms with van der Waals surface area (Å²) in [6.45, 7) is 8.45. The summed E-state index contributed by atoms with van der Waals surface area (Å²) in [7, 11) is 1.63. The molecular weight excluding hydrogens is 456 g/mol. The number of hydrogen-bond acceptors (Lipinski definition) is 5. The SMILES string of the molecule is CO[C@@H]1CSc2c(-c3ccc(F)cc3F)c(C)cc3c(N4C[C@H](C)C[C@H](C)C4)nc(=O)n(c23)C1. The van der Waals surface area contributed by atoms with Gasteiger partial charge in [0.2, 0.25) is 0 Å². The molecule has 0 aliphatic carbocycles. The van der Waals surface area contributed by atoms with Crippen LogP contribution in [0.1, 0.15) is 25.8 Å². The van der Waals surface area contributed by atoms with Crippen LogP contribution in [-0.2, 0) is 11.3 Å². The lowest BCUT2D eigenvalue weighted by molar-refractivity contribution is 0.107. The van der Waals surface area contributed by atoms with Gasteiger partial charge in [-0.2, -0.15) is 4.98 Å². The van der Waals surface area contributed by atoms with Gasteiger partial charge in [0, 0.05) is 53.4 Å². The van der Waals surface area contributed by atoms with Gasteiger partial charge in [0.1, 0.15) is 17.5 Å². The molecule has 34 heavy (non-hydrogen) atoms. The van der Waals surface area contributed by atoms with Gasteiger partial charge in [-0.25, -0.2) is 13.6 Å². The van der Waals surface area contributed by atoms with Crippen molar-refractivity contribution in [3.05, 3.63) is 51.9 Å². The van der Waals surface area contributed by atoms with Crippen LogP contribution in [-0.4, -0.2) is 41.6 Å². The topological polar surface area (TPSA) is 47.4 Å². The van der Waals surface area contributed by atoms with Crippen LogP contribution in [0.4, 0.5) is 14.6 Å². The Morgan fingerprint density at radius 2 is 1.85 bits per heavy atom. The van der Waals surface area contributed by atoms with Gasteiger partial charge in [0.05, 0.1) is 18.2 Å². The third-order valence-corrected chi connectivity index (χ3v) is 8.12. The Labute approximate surface area is 202 Å². The second-order valence-corrected chi connectivity index (χ2v) is 10.8. The molecule has 8 heteroatoms. The zero-order valence-corrected chi connectivity index (χ0v) is 20.7. The molecule has 0 radical (unpaired) electrons. The number of anilines is 1. The van der Waals surface area contributed by atoms with Crippen LogP contribution >= 0.6 is 11.8 Å². The fourth-order valence-corrected chi connectivity index (χ4v) is 6.88. The summed E-state index contributed by atoms with van der Waals surface area (Å²) in [5.74, 6) is 1.07. The largest absolute Gasteiger partial charge is 0.379 e. The second kappa shape index (κ2) is 8.96. The van der Waals surface area contributed by atoms with Crippen molar-refractivity contribution < 1.29 is 13.5 Å². The van der Waals surface area contributed by atoms with Crippen LogP contribution in [0.15, 0.2) is 34.0 Å². The van der Waals surface area contributed by atoms with Crippen molar-refractivity contribution in [3.8, 4) is 11.1 Å². The van der Waals surface area contributed by atoms with E-state index in [1.807, 2.05) is 13.0 Å². The minimum absolute atomic E-state index is 0.188. The molecule has 2 aliphatic rings. The normalized spacial score (nSPS) is 22.8. The standard InChI is InChI=1S/C26H29F2N3O2S/c1-14-7-15(2)11-30(10-14)25-20-8-16(3)22(19-6-5-17(27)9-21(19)28)24-23(20)31(26(32)29-25)12-18(33-4)13-34-24/h5-6,8-9,14-15,18H,7,10-13H2,1-4H3/t14-,15+,18-/m0/s1. The fraction of sp³-hybridized carbons (Fsp3) is 0.462. The Morgan fingerprint density at radius 1 is 1.12 bits per heavy atom. The number of nitrogens with zero attached hydrogens (tertiary/aromatic N) is 3. The lowest BCUT2D eigenvalue weighted by Gasteiger charge is -2.36. The summed E-state index contributed by atoms with van der Waals surface area (Å²) in [5, 5.41) is 0.893. The Bertz CT molecular complexity index is 1320. The summed E-state index contributed by atoms with van der Waals surface area (Å²) in [4.78, 5) is 21.0. The minimum Gasteiger partial charge on any atom is -0.379 e. The van der Waals surface area contributed by atoms with Gasteiger partial charge >= 0.3 is 5.69 Å². The molecule has 2 aliphatic heterocycles. The number of ether oxygens (including phenoxy) is 1. The highest BCUT2D eigenvalue weighted by atomic mass is 32.2. The molecule has 0 unspecified atom stereocenters. The monoisotopic (exact) mass is 485 g/mol. The molecule has 0 saturated carbocycles. The van der Waals surface area contributed by atoms with E-state index in [2.05, 4.69) is 23.7 Å². The molecule has 3 heterocycles. The molecule has 0 amide bonds. The number of benzene rings is 2. The van der Waals surface area contributed by atoms with E-state index in [9.17, 15) is 13.6 Å². The van der Waals surface area contributed by atoms with E-state index < -0.39 is 11.6 Å². The summed E-state index contributed by atoms with van der Waals surface area (Å²) in [6.07, 6.45) is 0.960. The molecule has 5 rings (SSSR count). The molecule has 2 aromatic carbocycles. The maximum absolute atomic E-state index is 15.0. The summed E-state index contributed by atoms with van der Waals surface area (Å²) in [6, 6.07) is 5.67. The van der Waals surface area contributed by atoms with Crippen LogP contribution in [0.2, 0.25) is 0 Å². The molecule has 1 fully saturated rings. The van der Waals surface area contributed by atoms with Gasteiger partial charge in [-0.1, -0.05) is 13.8 Å². The van der Waals surface area contributed by atoms with E-state index in [0.29, 0.717) is 41.1 Å². The fourth-order valence-electron chi connectivity index (χ4n) is 5.51. The van der Waals surface area contributed by atoms with Crippen molar-refractivity contribution in [2.75, 3.05) is 30.9 Å². The lowest BCUT2D eigenvalue weighted by Crippen LogP contribution is -2.41. The average Bonchev–Trinajstić information content (AvgIpc) is 2.97. The Balaban J connectivity index is 1.83. The zero-order valence-electron chi connectivity index (χ0n) is 19.9. The highest BCUT2D eigenvalue weighted by Gasteiger charge is 2.30. The van der Waals surface area contributed by atoms with Crippen molar-refractivity contribution >= 4 is 28.5 Å². The van der Waals surface area contributed by atoms with Gasteiger partial charge in [-0.3, -0.25) is 4.57 Å². The number of rotatable bonds is 3. The minimum atomic E-state index is -0.617. The quantitative estimate of drug-likeness (QED) is 0.507. The predicted molar refractivity (Wildman–Crippen MR) is 133 cm³/mol. The maximum Gasteiger partial charge on any atom is 0.350 e. The van der Waals surface area contributed by atoms with E-state index in [1.54, 1.807) is 23.4 Å². The van der Waals surface area contributed by atoms with Crippen LogP contribution in [0.3, 0.4) is 0 Å². The van der Waals surface area contributed by atoms with Gasteiger partial charge in [0.15, 0.2) is 0 Å². The first-order valence-corrected chi connectivity index (χ1v) is 12.7. The first-order chi connectivity index (χ1) is 16.3. The number of aryl methyl sites for hydroxylation is 1. The van der Waals surface area contributed by atoms with Crippen molar-refractivity contribution in [2.24, 2.45) is 11.8 Å². The molecule has 0 spiro atoms. The lowest BCUT2D eigenvalue weighted by atomic mass is 9.91.